The van der Waals surface area contributed by atoms with Crippen LogP contribution in [0.2, 0.25) is 0 Å². The molecule has 2 aliphatic heterocycles. The molecule has 1 aromatic carbocycles. The van der Waals surface area contributed by atoms with E-state index in [0.717, 1.165) is 4.57 Å². The van der Waals surface area contributed by atoms with Gasteiger partial charge in [0.2, 0.25) is 24.8 Å². The van der Waals surface area contributed by atoms with Crippen molar-refractivity contribution in [2.45, 2.75) is 19.7 Å². The van der Waals surface area contributed by atoms with Crippen molar-refractivity contribution < 1.29 is 19.0 Å². The molecule has 1 unspecified atom stereocenters. The third kappa shape index (κ3) is 2.86. The number of aromatic nitrogens is 4. The number of nitrogens with zero attached hydrogens (tertiary/aromatic N) is 6. The third-order valence-corrected chi connectivity index (χ3v) is 5.21. The van der Waals surface area contributed by atoms with Gasteiger partial charge in [0, 0.05) is 26.6 Å². The maximum absolute atomic E-state index is 12.4. The second-order valence-corrected chi connectivity index (χ2v) is 7.19. The van der Waals surface area contributed by atoms with Gasteiger partial charge in [-0.1, -0.05) is 0 Å². The molecule has 0 bridgehead atoms. The second-order valence-electron chi connectivity index (χ2n) is 7.19. The number of carbonyl (C=O) groups is 1. The van der Waals surface area contributed by atoms with E-state index in [1.165, 1.54) is 29.9 Å². The highest BCUT2D eigenvalue weighted by Crippen LogP contribution is 2.37. The fourth-order valence-electron chi connectivity index (χ4n) is 3.66. The average molecular weight is 426 g/mol. The van der Waals surface area contributed by atoms with E-state index in [0.29, 0.717) is 22.7 Å². The first-order valence-corrected chi connectivity index (χ1v) is 9.39. The summed E-state index contributed by atoms with van der Waals surface area (Å²) in [6.45, 7) is 1.59. The second kappa shape index (κ2) is 6.72. The number of fused-ring (bicyclic) bond motifs is 2. The van der Waals surface area contributed by atoms with Crippen molar-refractivity contribution in [2.75, 3.05) is 6.79 Å². The summed E-state index contributed by atoms with van der Waals surface area (Å²) in [5.74, 6) is 1.09. The minimum absolute atomic E-state index is 0.0712. The highest BCUT2D eigenvalue weighted by Gasteiger charge is 2.34. The Bertz CT molecular complexity index is 1380. The first-order chi connectivity index (χ1) is 14.8. The summed E-state index contributed by atoms with van der Waals surface area (Å²) in [5, 5.41) is 5.53. The number of ether oxygens (including phenoxy) is 3. The molecule has 2 aromatic heterocycles. The molecule has 12 nitrogen and oxygen atoms in total. The Morgan fingerprint density at radius 2 is 1.94 bits per heavy atom. The van der Waals surface area contributed by atoms with Gasteiger partial charge in [-0.2, -0.15) is 5.01 Å². The maximum Gasteiger partial charge on any atom is 0.332 e. The van der Waals surface area contributed by atoms with Crippen LogP contribution < -0.4 is 20.7 Å². The van der Waals surface area contributed by atoms with Crippen LogP contribution in [0.3, 0.4) is 0 Å². The Labute approximate surface area is 174 Å². The van der Waals surface area contributed by atoms with Crippen molar-refractivity contribution in [1.82, 2.24) is 23.7 Å². The van der Waals surface area contributed by atoms with E-state index in [1.54, 1.807) is 29.8 Å². The van der Waals surface area contributed by atoms with Gasteiger partial charge < -0.3 is 18.8 Å². The molecule has 0 fully saturated rings. The van der Waals surface area contributed by atoms with Crippen molar-refractivity contribution in [3.63, 3.8) is 0 Å². The summed E-state index contributed by atoms with van der Waals surface area (Å²) in [6.07, 6.45) is 0.650. The lowest BCUT2D eigenvalue weighted by Gasteiger charge is -2.19. The van der Waals surface area contributed by atoms with E-state index in [4.69, 9.17) is 14.2 Å². The fourth-order valence-corrected chi connectivity index (χ4v) is 3.66. The first kappa shape index (κ1) is 18.9. The molecule has 0 aliphatic carbocycles. The molecule has 5 rings (SSSR count). The number of hydrazone groups is 1. The van der Waals surface area contributed by atoms with E-state index >= 15 is 0 Å². The molecule has 160 valence electrons. The van der Waals surface area contributed by atoms with Crippen LogP contribution in [-0.2, 0) is 30.2 Å². The predicted molar refractivity (Wildman–Crippen MR) is 107 cm³/mol. The van der Waals surface area contributed by atoms with Crippen LogP contribution in [0, 0.1) is 0 Å². The van der Waals surface area contributed by atoms with Crippen LogP contribution in [0.25, 0.3) is 11.2 Å². The van der Waals surface area contributed by atoms with Gasteiger partial charge in [-0.25, -0.2) is 9.78 Å². The largest absolute Gasteiger partial charge is 0.454 e. The minimum Gasteiger partial charge on any atom is -0.454 e. The number of hydrogen-bond donors (Lipinski definition) is 0. The smallest absolute Gasteiger partial charge is 0.332 e. The highest BCUT2D eigenvalue weighted by atomic mass is 16.7. The van der Waals surface area contributed by atoms with Crippen molar-refractivity contribution >= 4 is 23.0 Å². The zero-order valence-corrected chi connectivity index (χ0v) is 16.9. The molecule has 31 heavy (non-hydrogen) atoms. The SMILES string of the molecule is CC(=O)N1N=C(Cn2cnc3c(=O)n(C)c(=O)n(C)c32)OC1c1ccc2c(c1)OCO2. The number of imidazole rings is 1. The Morgan fingerprint density at radius 1 is 1.16 bits per heavy atom. The quantitative estimate of drug-likeness (QED) is 0.580. The Kier molecular flexibility index (Phi) is 4.10. The summed E-state index contributed by atoms with van der Waals surface area (Å²) in [5.41, 5.74) is 0.182. The van der Waals surface area contributed by atoms with Crippen LogP contribution in [-0.4, -0.2) is 42.3 Å². The van der Waals surface area contributed by atoms with Crippen LogP contribution >= 0.6 is 0 Å². The minimum atomic E-state index is -0.784. The van der Waals surface area contributed by atoms with E-state index in [2.05, 4.69) is 10.1 Å². The first-order valence-electron chi connectivity index (χ1n) is 9.39. The lowest BCUT2D eigenvalue weighted by Crippen LogP contribution is -2.37. The molecule has 12 heteroatoms. The molecule has 0 spiro atoms. The number of rotatable bonds is 3. The molecule has 1 atom stereocenters. The molecular weight excluding hydrogens is 408 g/mol. The van der Waals surface area contributed by atoms with Crippen molar-refractivity contribution in [3.8, 4) is 11.5 Å². The van der Waals surface area contributed by atoms with E-state index < -0.39 is 17.5 Å². The normalized spacial score (nSPS) is 17.2. The van der Waals surface area contributed by atoms with Gasteiger partial charge in [0.05, 0.1) is 6.33 Å². The van der Waals surface area contributed by atoms with Gasteiger partial charge in [0.15, 0.2) is 17.0 Å². The van der Waals surface area contributed by atoms with Gasteiger partial charge in [0.25, 0.3) is 5.56 Å². The topological polar surface area (TPSA) is 122 Å². The Balaban J connectivity index is 1.49. The molecule has 0 saturated carbocycles. The molecule has 0 radical (unpaired) electrons. The van der Waals surface area contributed by atoms with Gasteiger partial charge in [-0.05, 0) is 18.2 Å². The number of benzene rings is 1. The molecule has 4 heterocycles. The molecule has 1 amide bonds. The van der Waals surface area contributed by atoms with Crippen LogP contribution in [0.1, 0.15) is 18.7 Å². The molecule has 2 aliphatic rings. The summed E-state index contributed by atoms with van der Waals surface area (Å²) in [6, 6.07) is 5.25. The number of aryl methyl sites for hydroxylation is 1. The van der Waals surface area contributed by atoms with E-state index in [-0.39, 0.29) is 30.7 Å². The van der Waals surface area contributed by atoms with Crippen LogP contribution in [0.5, 0.6) is 11.5 Å². The molecular formula is C19H18N6O6. The number of carbonyl (C=O) groups excluding carboxylic acids is 1. The number of hydrogen-bond acceptors (Lipinski definition) is 8. The van der Waals surface area contributed by atoms with Gasteiger partial charge in [-0.15, -0.1) is 5.10 Å². The Morgan fingerprint density at radius 3 is 2.71 bits per heavy atom. The maximum atomic E-state index is 12.4. The average Bonchev–Trinajstić information content (AvgIpc) is 3.48. The lowest BCUT2D eigenvalue weighted by atomic mass is 10.1. The molecule has 0 saturated heterocycles. The lowest BCUT2D eigenvalue weighted by molar-refractivity contribution is -0.135. The predicted octanol–water partition coefficient (Wildman–Crippen LogP) is 0.0534. The van der Waals surface area contributed by atoms with Crippen LogP contribution in [0.15, 0.2) is 39.2 Å². The standard InChI is InChI=1S/C19H18N6O6/c1-10(26)25-18(11-4-5-12-13(6-11)30-9-29-12)31-14(21-25)7-24-8-20-15-16(24)22(2)19(28)23(3)17(15)27/h4-6,8,18H,7,9H2,1-3H3. The summed E-state index contributed by atoms with van der Waals surface area (Å²) >= 11 is 0. The fraction of sp³-hybridized carbons (Fsp3) is 0.316. The van der Waals surface area contributed by atoms with Gasteiger partial charge in [0.1, 0.15) is 12.2 Å². The van der Waals surface area contributed by atoms with Gasteiger partial charge in [-0.3, -0.25) is 18.7 Å². The monoisotopic (exact) mass is 426 g/mol. The van der Waals surface area contributed by atoms with Crippen molar-refractivity contribution in [1.29, 1.82) is 0 Å². The highest BCUT2D eigenvalue weighted by molar-refractivity contribution is 5.83. The van der Waals surface area contributed by atoms with Crippen molar-refractivity contribution in [3.05, 3.63) is 50.9 Å². The summed E-state index contributed by atoms with van der Waals surface area (Å²) in [4.78, 5) is 41.0. The molecule has 0 N–H and O–H groups in total. The third-order valence-electron chi connectivity index (χ3n) is 5.21. The summed E-state index contributed by atoms with van der Waals surface area (Å²) in [7, 11) is 2.95. The van der Waals surface area contributed by atoms with Crippen molar-refractivity contribution in [2.24, 2.45) is 19.2 Å². The zero-order valence-electron chi connectivity index (χ0n) is 16.9. The zero-order chi connectivity index (χ0) is 21.9. The number of amides is 1. The van der Waals surface area contributed by atoms with Gasteiger partial charge >= 0.3 is 5.69 Å². The van der Waals surface area contributed by atoms with Crippen LogP contribution in [0.4, 0.5) is 0 Å². The summed E-state index contributed by atoms with van der Waals surface area (Å²) < 4.78 is 20.6. The van der Waals surface area contributed by atoms with E-state index in [9.17, 15) is 14.4 Å². The Hall–Kier alpha value is -4.09. The van der Waals surface area contributed by atoms with E-state index in [1.807, 2.05) is 0 Å². The molecule has 3 aromatic rings.